The molecule has 0 aliphatic rings. The molecule has 0 spiro atoms. The van der Waals surface area contributed by atoms with E-state index in [0.717, 1.165) is 0 Å². The number of halogens is 3. The molecule has 0 fully saturated rings. The number of aryl methyl sites for hydroxylation is 1. The largest absolute Gasteiger partial charge is 0.478 e. The molecule has 1 N–H and O–H groups in total. The van der Waals surface area contributed by atoms with Crippen LogP contribution in [0.15, 0.2) is 12.1 Å². The van der Waals surface area contributed by atoms with Crippen LogP contribution in [0.2, 0.25) is 0 Å². The second-order valence-corrected chi connectivity index (χ2v) is 4.26. The lowest BCUT2D eigenvalue weighted by Gasteiger charge is -2.10. The number of methoxy groups -OCH3 is 1. The standard InChI is InChI=1S/C13H16F3NO4/c1-20-7-2-3-10-9(12(18)19)4-5-11(17-10)21-8-6-13(14,15)16/h4-5H,2-3,6-8H2,1H3,(H,18,19). The van der Waals surface area contributed by atoms with E-state index in [-0.39, 0.29) is 17.1 Å². The van der Waals surface area contributed by atoms with Crippen molar-refractivity contribution in [2.45, 2.75) is 25.4 Å². The Morgan fingerprint density at radius 2 is 2.05 bits per heavy atom. The lowest BCUT2D eigenvalue weighted by atomic mass is 10.1. The number of aromatic carboxylic acids is 1. The molecule has 1 aromatic rings. The van der Waals surface area contributed by atoms with E-state index in [9.17, 15) is 18.0 Å². The number of ether oxygens (including phenoxy) is 2. The van der Waals surface area contributed by atoms with E-state index in [1.165, 1.54) is 19.2 Å². The molecule has 21 heavy (non-hydrogen) atoms. The monoisotopic (exact) mass is 307 g/mol. The molecule has 0 bridgehead atoms. The van der Waals surface area contributed by atoms with Gasteiger partial charge in [0.1, 0.15) is 0 Å². The maximum atomic E-state index is 12.0. The number of aromatic nitrogens is 1. The summed E-state index contributed by atoms with van der Waals surface area (Å²) in [4.78, 5) is 15.0. The first-order valence-corrected chi connectivity index (χ1v) is 6.25. The summed E-state index contributed by atoms with van der Waals surface area (Å²) in [7, 11) is 1.52. The van der Waals surface area contributed by atoms with Crippen molar-refractivity contribution < 1.29 is 32.5 Å². The molecule has 5 nitrogen and oxygen atoms in total. The predicted octanol–water partition coefficient (Wildman–Crippen LogP) is 2.69. The van der Waals surface area contributed by atoms with Gasteiger partial charge in [-0.2, -0.15) is 13.2 Å². The molecule has 0 amide bonds. The summed E-state index contributed by atoms with van der Waals surface area (Å²) in [5.41, 5.74) is 0.276. The Kier molecular flexibility index (Phi) is 6.41. The Balaban J connectivity index is 2.73. The number of alkyl halides is 3. The van der Waals surface area contributed by atoms with E-state index in [4.69, 9.17) is 14.6 Å². The number of hydrogen-bond acceptors (Lipinski definition) is 4. The zero-order chi connectivity index (χ0) is 15.9. The molecule has 0 saturated carbocycles. The molecule has 0 aromatic carbocycles. The average Bonchev–Trinajstić information content (AvgIpc) is 2.37. The van der Waals surface area contributed by atoms with Gasteiger partial charge in [0, 0.05) is 19.8 Å². The van der Waals surface area contributed by atoms with Gasteiger partial charge in [-0.15, -0.1) is 0 Å². The Hall–Kier alpha value is -1.83. The minimum absolute atomic E-state index is 0.00859. The molecule has 1 heterocycles. The number of pyridine rings is 1. The Labute approximate surface area is 119 Å². The van der Waals surface area contributed by atoms with E-state index >= 15 is 0 Å². The van der Waals surface area contributed by atoms with Crippen LogP contribution in [-0.4, -0.2) is 42.6 Å². The highest BCUT2D eigenvalue weighted by molar-refractivity contribution is 5.88. The topological polar surface area (TPSA) is 68.7 Å². The van der Waals surface area contributed by atoms with Crippen molar-refractivity contribution in [2.24, 2.45) is 0 Å². The predicted molar refractivity (Wildman–Crippen MR) is 67.6 cm³/mol. The van der Waals surface area contributed by atoms with Crippen LogP contribution in [0, 0.1) is 0 Å². The molecule has 0 radical (unpaired) electrons. The molecular weight excluding hydrogens is 291 g/mol. The minimum atomic E-state index is -4.30. The van der Waals surface area contributed by atoms with Crippen LogP contribution >= 0.6 is 0 Å². The van der Waals surface area contributed by atoms with Crippen molar-refractivity contribution in [1.29, 1.82) is 0 Å². The van der Waals surface area contributed by atoms with Gasteiger partial charge >= 0.3 is 12.1 Å². The van der Waals surface area contributed by atoms with Gasteiger partial charge in [0.15, 0.2) is 0 Å². The van der Waals surface area contributed by atoms with Gasteiger partial charge in [0.05, 0.1) is 24.3 Å². The number of carboxylic acids is 1. The summed E-state index contributed by atoms with van der Waals surface area (Å²) in [5, 5.41) is 9.03. The fourth-order valence-corrected chi connectivity index (χ4v) is 1.60. The summed E-state index contributed by atoms with van der Waals surface area (Å²) >= 11 is 0. The Morgan fingerprint density at radius 1 is 1.33 bits per heavy atom. The summed E-state index contributed by atoms with van der Waals surface area (Å²) in [6, 6.07) is 2.53. The van der Waals surface area contributed by atoms with E-state index < -0.39 is 25.2 Å². The summed E-state index contributed by atoms with van der Waals surface area (Å²) in [5.74, 6) is -1.16. The normalized spacial score (nSPS) is 11.4. The second kappa shape index (κ2) is 7.82. The molecule has 1 rings (SSSR count). The van der Waals surface area contributed by atoms with Gasteiger partial charge in [-0.1, -0.05) is 0 Å². The molecule has 118 valence electrons. The summed E-state index contributed by atoms with van der Waals surface area (Å²) < 4.78 is 45.8. The van der Waals surface area contributed by atoms with E-state index in [0.29, 0.717) is 19.4 Å². The van der Waals surface area contributed by atoms with Crippen LogP contribution in [0.4, 0.5) is 13.2 Å². The first kappa shape index (κ1) is 17.2. The van der Waals surface area contributed by atoms with Crippen molar-refractivity contribution in [3.63, 3.8) is 0 Å². The maximum absolute atomic E-state index is 12.0. The van der Waals surface area contributed by atoms with Gasteiger partial charge in [0.25, 0.3) is 0 Å². The van der Waals surface area contributed by atoms with E-state index in [1.807, 2.05) is 0 Å². The van der Waals surface area contributed by atoms with Crippen LogP contribution in [0.25, 0.3) is 0 Å². The molecule has 0 saturated heterocycles. The fourth-order valence-electron chi connectivity index (χ4n) is 1.60. The first-order valence-electron chi connectivity index (χ1n) is 6.25. The molecule has 0 aliphatic carbocycles. The lowest BCUT2D eigenvalue weighted by Crippen LogP contribution is -2.14. The van der Waals surface area contributed by atoms with Gasteiger partial charge in [0.2, 0.25) is 5.88 Å². The third-order valence-electron chi connectivity index (χ3n) is 2.58. The van der Waals surface area contributed by atoms with E-state index in [1.54, 1.807) is 0 Å². The quantitative estimate of drug-likeness (QED) is 0.748. The zero-order valence-electron chi connectivity index (χ0n) is 11.4. The highest BCUT2D eigenvalue weighted by atomic mass is 19.4. The molecular formula is C13H16F3NO4. The number of carboxylic acid groups (broad SMARTS) is 1. The smallest absolute Gasteiger partial charge is 0.392 e. The number of nitrogens with zero attached hydrogens (tertiary/aromatic N) is 1. The van der Waals surface area contributed by atoms with Gasteiger partial charge in [-0.05, 0) is 18.9 Å². The SMILES string of the molecule is COCCCc1nc(OCCC(F)(F)F)ccc1C(=O)O. The van der Waals surface area contributed by atoms with Crippen molar-refractivity contribution in [2.75, 3.05) is 20.3 Å². The van der Waals surface area contributed by atoms with E-state index in [2.05, 4.69) is 4.98 Å². The van der Waals surface area contributed by atoms with Gasteiger partial charge in [-0.25, -0.2) is 9.78 Å². The zero-order valence-corrected chi connectivity index (χ0v) is 11.4. The van der Waals surface area contributed by atoms with Crippen LogP contribution in [0.3, 0.4) is 0 Å². The third-order valence-corrected chi connectivity index (χ3v) is 2.58. The number of rotatable bonds is 8. The highest BCUT2D eigenvalue weighted by Gasteiger charge is 2.27. The maximum Gasteiger partial charge on any atom is 0.392 e. The van der Waals surface area contributed by atoms with Crippen molar-refractivity contribution >= 4 is 5.97 Å². The average molecular weight is 307 g/mol. The lowest BCUT2D eigenvalue weighted by molar-refractivity contribution is -0.139. The Morgan fingerprint density at radius 3 is 2.62 bits per heavy atom. The van der Waals surface area contributed by atoms with Crippen LogP contribution < -0.4 is 4.74 Å². The molecule has 0 aliphatic heterocycles. The minimum Gasteiger partial charge on any atom is -0.478 e. The van der Waals surface area contributed by atoms with Crippen LogP contribution in [0.5, 0.6) is 5.88 Å². The molecule has 1 aromatic heterocycles. The van der Waals surface area contributed by atoms with Crippen LogP contribution in [-0.2, 0) is 11.2 Å². The molecule has 0 unspecified atom stereocenters. The Bertz CT molecular complexity index is 477. The highest BCUT2D eigenvalue weighted by Crippen LogP contribution is 2.20. The number of carbonyl (C=O) groups is 1. The van der Waals surface area contributed by atoms with Crippen molar-refractivity contribution in [3.8, 4) is 5.88 Å². The summed E-state index contributed by atoms with van der Waals surface area (Å²) in [6.07, 6.45) is -4.50. The molecule has 8 heteroatoms. The second-order valence-electron chi connectivity index (χ2n) is 4.26. The molecule has 0 atom stereocenters. The number of hydrogen-bond donors (Lipinski definition) is 1. The van der Waals surface area contributed by atoms with Crippen molar-refractivity contribution in [1.82, 2.24) is 4.98 Å². The van der Waals surface area contributed by atoms with Gasteiger partial charge in [-0.3, -0.25) is 0 Å². The summed E-state index contributed by atoms with van der Waals surface area (Å²) in [6.45, 7) is -0.125. The first-order chi connectivity index (χ1) is 9.83. The van der Waals surface area contributed by atoms with Crippen LogP contribution in [0.1, 0.15) is 28.9 Å². The van der Waals surface area contributed by atoms with Crippen molar-refractivity contribution in [3.05, 3.63) is 23.4 Å². The third kappa shape index (κ3) is 6.44. The fraction of sp³-hybridized carbons (Fsp3) is 0.538. The van der Waals surface area contributed by atoms with Gasteiger partial charge < -0.3 is 14.6 Å².